The van der Waals surface area contributed by atoms with Crippen LogP contribution in [-0.2, 0) is 4.79 Å². The van der Waals surface area contributed by atoms with Crippen molar-refractivity contribution in [3.63, 3.8) is 0 Å². The summed E-state index contributed by atoms with van der Waals surface area (Å²) in [7, 11) is 4.04. The van der Waals surface area contributed by atoms with Gasteiger partial charge >= 0.3 is 0 Å². The Morgan fingerprint density at radius 1 is 1.07 bits per heavy atom. The predicted octanol–water partition coefficient (Wildman–Crippen LogP) is 5.20. The largest absolute Gasteiger partial charge is 0.491 e. The molecule has 0 atom stereocenters. The number of nitrogens with zero attached hydrogens (tertiary/aromatic N) is 6. The van der Waals surface area contributed by atoms with Crippen LogP contribution in [0.3, 0.4) is 0 Å². The molecule has 1 saturated carbocycles. The number of carbonyl (C=O) groups excluding carboxylic acids is 1. The molecule has 1 amide bonds. The lowest BCUT2D eigenvalue weighted by atomic mass is 10.1. The van der Waals surface area contributed by atoms with Gasteiger partial charge in [0, 0.05) is 41.9 Å². The monoisotopic (exact) mass is 576 g/mol. The van der Waals surface area contributed by atoms with Crippen molar-refractivity contribution in [2.24, 2.45) is 5.92 Å². The molecule has 11 heteroatoms. The summed E-state index contributed by atoms with van der Waals surface area (Å²) in [6.45, 7) is 3.36. The number of pyridine rings is 1. The van der Waals surface area contributed by atoms with E-state index in [1.54, 1.807) is 10.7 Å². The van der Waals surface area contributed by atoms with Crippen molar-refractivity contribution in [1.29, 1.82) is 0 Å². The van der Waals surface area contributed by atoms with Gasteiger partial charge in [0.25, 0.3) is 5.91 Å². The molecule has 6 rings (SSSR count). The van der Waals surface area contributed by atoms with E-state index >= 15 is 0 Å². The third-order valence-electron chi connectivity index (χ3n) is 6.88. The zero-order valence-electron chi connectivity index (χ0n) is 24.3. The molecule has 43 heavy (non-hydrogen) atoms. The molecular formula is C32H32N8O3. The molecule has 1 aliphatic rings. The van der Waals surface area contributed by atoms with Crippen molar-refractivity contribution in [1.82, 2.24) is 29.5 Å². The average Bonchev–Trinajstić information content (AvgIpc) is 3.70. The van der Waals surface area contributed by atoms with Crippen LogP contribution in [0, 0.1) is 24.7 Å². The van der Waals surface area contributed by atoms with E-state index in [1.165, 1.54) is 12.7 Å². The molecule has 5 aromatic rings. The number of ether oxygens (including phenoxy) is 2. The van der Waals surface area contributed by atoms with Crippen LogP contribution in [0.15, 0.2) is 61.3 Å². The number of hydrogen-bond donors (Lipinski definition) is 2. The van der Waals surface area contributed by atoms with Crippen molar-refractivity contribution in [3.8, 4) is 29.1 Å². The highest BCUT2D eigenvalue weighted by molar-refractivity contribution is 6.06. The summed E-state index contributed by atoms with van der Waals surface area (Å²) in [4.78, 5) is 28.0. The highest BCUT2D eigenvalue weighted by Crippen LogP contribution is 2.35. The van der Waals surface area contributed by atoms with Gasteiger partial charge in [0.2, 0.25) is 0 Å². The third-order valence-corrected chi connectivity index (χ3v) is 6.88. The minimum absolute atomic E-state index is 0.325. The predicted molar refractivity (Wildman–Crippen MR) is 165 cm³/mol. The molecule has 1 aliphatic carbocycles. The number of carbonyl (C=O) groups is 1. The topological polar surface area (TPSA) is 119 Å². The Morgan fingerprint density at radius 2 is 1.95 bits per heavy atom. The van der Waals surface area contributed by atoms with E-state index < -0.39 is 0 Å². The minimum atomic E-state index is -0.370. The zero-order valence-corrected chi connectivity index (χ0v) is 24.3. The number of anilines is 3. The molecule has 218 valence electrons. The van der Waals surface area contributed by atoms with Gasteiger partial charge in [-0.25, -0.2) is 19.5 Å². The van der Waals surface area contributed by atoms with Gasteiger partial charge in [-0.2, -0.15) is 5.10 Å². The van der Waals surface area contributed by atoms with Crippen molar-refractivity contribution in [3.05, 3.63) is 66.9 Å². The van der Waals surface area contributed by atoms with E-state index in [2.05, 4.69) is 47.4 Å². The fourth-order valence-electron chi connectivity index (χ4n) is 4.48. The summed E-state index contributed by atoms with van der Waals surface area (Å²) in [6, 6.07) is 13.1. The van der Waals surface area contributed by atoms with E-state index in [0.29, 0.717) is 46.7 Å². The van der Waals surface area contributed by atoms with Crippen LogP contribution in [0.1, 0.15) is 24.8 Å². The SMILES string of the molecule is Cc1cc(Nc2ncnc3cc(OCCCN(C)C)c(NC(=O)C#CC4CC4)cc23)ccc1Oc1ccn2ncnc2c1. The first kappa shape index (κ1) is 27.9. The number of aryl methyl sites for hydroxylation is 1. The molecule has 11 nitrogen and oxygen atoms in total. The highest BCUT2D eigenvalue weighted by atomic mass is 16.5. The highest BCUT2D eigenvalue weighted by Gasteiger charge is 2.19. The lowest BCUT2D eigenvalue weighted by molar-refractivity contribution is -0.111. The summed E-state index contributed by atoms with van der Waals surface area (Å²) in [5.74, 6) is 8.20. The molecule has 0 spiro atoms. The number of hydrogen-bond acceptors (Lipinski definition) is 9. The summed E-state index contributed by atoms with van der Waals surface area (Å²) in [5.41, 5.74) is 3.66. The van der Waals surface area contributed by atoms with Crippen LogP contribution in [0.25, 0.3) is 16.6 Å². The molecule has 3 heterocycles. The summed E-state index contributed by atoms with van der Waals surface area (Å²) < 4.78 is 13.9. The molecule has 0 aliphatic heterocycles. The number of aromatic nitrogens is 5. The quantitative estimate of drug-likeness (QED) is 0.171. The molecule has 0 bridgehead atoms. The number of nitrogens with one attached hydrogen (secondary N) is 2. The van der Waals surface area contributed by atoms with E-state index in [-0.39, 0.29) is 5.91 Å². The van der Waals surface area contributed by atoms with Crippen molar-refractivity contribution in [2.75, 3.05) is 37.9 Å². The molecule has 1 fully saturated rings. The van der Waals surface area contributed by atoms with Gasteiger partial charge in [-0.1, -0.05) is 5.92 Å². The van der Waals surface area contributed by atoms with E-state index in [0.717, 1.165) is 48.2 Å². The molecule has 3 aromatic heterocycles. The normalized spacial score (nSPS) is 12.7. The summed E-state index contributed by atoms with van der Waals surface area (Å²) >= 11 is 0. The zero-order chi connectivity index (χ0) is 29.8. The van der Waals surface area contributed by atoms with Crippen LogP contribution in [0.4, 0.5) is 17.2 Å². The van der Waals surface area contributed by atoms with Crippen molar-refractivity contribution >= 4 is 39.6 Å². The smallest absolute Gasteiger partial charge is 0.300 e. The average molecular weight is 577 g/mol. The number of fused-ring (bicyclic) bond motifs is 2. The van der Waals surface area contributed by atoms with Crippen molar-refractivity contribution < 1.29 is 14.3 Å². The van der Waals surface area contributed by atoms with Gasteiger partial charge in [0.15, 0.2) is 5.65 Å². The van der Waals surface area contributed by atoms with E-state index in [9.17, 15) is 4.79 Å². The minimum Gasteiger partial charge on any atom is -0.491 e. The molecular weight excluding hydrogens is 544 g/mol. The fourth-order valence-corrected chi connectivity index (χ4v) is 4.48. The number of benzene rings is 2. The van der Waals surface area contributed by atoms with E-state index in [4.69, 9.17) is 9.47 Å². The molecule has 0 radical (unpaired) electrons. The maximum Gasteiger partial charge on any atom is 0.300 e. The molecule has 0 unspecified atom stereocenters. The van der Waals surface area contributed by atoms with Crippen LogP contribution in [0.2, 0.25) is 0 Å². The second kappa shape index (κ2) is 12.3. The third kappa shape index (κ3) is 6.99. The fraction of sp³-hybridized carbons (Fsp3) is 0.281. The van der Waals surface area contributed by atoms with Gasteiger partial charge in [0.1, 0.15) is 35.7 Å². The van der Waals surface area contributed by atoms with Crippen LogP contribution >= 0.6 is 0 Å². The van der Waals surface area contributed by atoms with Crippen molar-refractivity contribution in [2.45, 2.75) is 26.2 Å². The standard InChI is InChI=1S/C32H32N8O3/c1-21-15-23(8-9-28(21)43-24-11-13-40-30(16-24)34-20-36-40)37-32-25-17-27(38-31(41)10-7-22-5-6-22)29(18-26(25)33-19-35-32)42-14-4-12-39(2)3/h8-9,11,13,15-20,22H,4-6,12,14H2,1-3H3,(H,38,41)(H,33,35,37). The van der Waals surface area contributed by atoms with Gasteiger partial charge in [-0.3, -0.25) is 4.79 Å². The molecule has 0 saturated heterocycles. The van der Waals surface area contributed by atoms with Gasteiger partial charge in [-0.05, 0) is 82.1 Å². The second-order valence-electron chi connectivity index (χ2n) is 10.7. The van der Waals surface area contributed by atoms with Gasteiger partial charge < -0.3 is 25.0 Å². The first-order valence-corrected chi connectivity index (χ1v) is 14.1. The second-order valence-corrected chi connectivity index (χ2v) is 10.7. The van der Waals surface area contributed by atoms with E-state index in [1.807, 2.05) is 63.5 Å². The number of rotatable bonds is 10. The Kier molecular flexibility index (Phi) is 8.02. The van der Waals surface area contributed by atoms with Crippen LogP contribution in [0.5, 0.6) is 17.2 Å². The lowest BCUT2D eigenvalue weighted by Gasteiger charge is -2.16. The van der Waals surface area contributed by atoms with Crippen LogP contribution < -0.4 is 20.1 Å². The Balaban J connectivity index is 1.24. The maximum absolute atomic E-state index is 12.7. The first-order chi connectivity index (χ1) is 20.9. The Hall–Kier alpha value is -5.21. The number of amides is 1. The maximum atomic E-state index is 12.7. The van der Waals surface area contributed by atoms with Crippen LogP contribution in [-0.4, -0.2) is 62.6 Å². The Bertz CT molecular complexity index is 1850. The Labute approximate surface area is 249 Å². The molecule has 2 N–H and O–H groups in total. The summed E-state index contributed by atoms with van der Waals surface area (Å²) in [6.07, 6.45) is 7.75. The first-order valence-electron chi connectivity index (χ1n) is 14.1. The molecule has 2 aromatic carbocycles. The van der Waals surface area contributed by atoms with Gasteiger partial charge in [-0.15, -0.1) is 0 Å². The van der Waals surface area contributed by atoms with Gasteiger partial charge in [0.05, 0.1) is 17.8 Å². The summed E-state index contributed by atoms with van der Waals surface area (Å²) in [5, 5.41) is 11.2. The Morgan fingerprint density at radius 3 is 2.77 bits per heavy atom. The lowest BCUT2D eigenvalue weighted by Crippen LogP contribution is -2.16.